The molecule has 2 aromatic carbocycles. The van der Waals surface area contributed by atoms with Gasteiger partial charge in [-0.25, -0.2) is 0 Å². The molecule has 2 unspecified atom stereocenters. The first-order valence-electron chi connectivity index (χ1n) is 11.8. The molecule has 2 atom stereocenters. The molecule has 7 heteroatoms. The summed E-state index contributed by atoms with van der Waals surface area (Å²) in [4.78, 5) is 40.7. The highest BCUT2D eigenvalue weighted by Gasteiger charge is 2.39. The lowest BCUT2D eigenvalue weighted by Crippen LogP contribution is -2.52. The van der Waals surface area contributed by atoms with Crippen LogP contribution in [-0.4, -0.2) is 52.7 Å². The topological polar surface area (TPSA) is 81.8 Å². The Kier molecular flexibility index (Phi) is 6.24. The third-order valence-electron chi connectivity index (χ3n) is 6.94. The van der Waals surface area contributed by atoms with E-state index in [-0.39, 0.29) is 24.1 Å². The van der Waals surface area contributed by atoms with Crippen LogP contribution in [0.3, 0.4) is 0 Å². The summed E-state index contributed by atoms with van der Waals surface area (Å²) in [5.74, 6) is -0.756. The third kappa shape index (κ3) is 4.84. The van der Waals surface area contributed by atoms with Gasteiger partial charge in [-0.05, 0) is 48.6 Å². The maximum atomic E-state index is 12.9. The summed E-state index contributed by atoms with van der Waals surface area (Å²) in [5.41, 5.74) is 4.11. The van der Waals surface area contributed by atoms with E-state index in [1.54, 1.807) is 4.90 Å². The molecular formula is C26H30N4O3. The standard InChI is InChI=1S/C26H30N4O3/c31-24-11-10-23(25(32)28-24)30-16-20-13-19(8-9-22(20)26(30)33)14-27-21-7-4-12-29(17-21)15-18-5-2-1-3-6-18/h1-3,5-6,8-9,13,21,23,27H,4,7,10-12,14-17H2,(H,28,31,32). The van der Waals surface area contributed by atoms with Crippen molar-refractivity contribution in [1.29, 1.82) is 0 Å². The van der Waals surface area contributed by atoms with Gasteiger partial charge in [0.25, 0.3) is 5.91 Å². The summed E-state index contributed by atoms with van der Waals surface area (Å²) in [6.45, 7) is 4.31. The average molecular weight is 447 g/mol. The molecular weight excluding hydrogens is 416 g/mol. The Morgan fingerprint density at radius 2 is 1.85 bits per heavy atom. The lowest BCUT2D eigenvalue weighted by atomic mass is 10.0. The molecule has 3 heterocycles. The van der Waals surface area contributed by atoms with Crippen LogP contribution >= 0.6 is 0 Å². The van der Waals surface area contributed by atoms with Crippen molar-refractivity contribution in [3.63, 3.8) is 0 Å². The molecule has 2 aromatic rings. The number of imide groups is 1. The molecule has 33 heavy (non-hydrogen) atoms. The van der Waals surface area contributed by atoms with Gasteiger partial charge in [0.2, 0.25) is 11.8 Å². The predicted octanol–water partition coefficient (Wildman–Crippen LogP) is 2.20. The Hall–Kier alpha value is -3.03. The minimum atomic E-state index is -0.568. The molecule has 7 nitrogen and oxygen atoms in total. The number of carbonyl (C=O) groups excluding carboxylic acids is 3. The Morgan fingerprint density at radius 1 is 1.00 bits per heavy atom. The van der Waals surface area contributed by atoms with Crippen molar-refractivity contribution in [3.8, 4) is 0 Å². The largest absolute Gasteiger partial charge is 0.322 e. The monoisotopic (exact) mass is 446 g/mol. The highest BCUT2D eigenvalue weighted by molar-refractivity contribution is 6.05. The molecule has 0 aromatic heterocycles. The fourth-order valence-electron chi connectivity index (χ4n) is 5.21. The average Bonchev–Trinajstić information content (AvgIpc) is 3.14. The number of hydrogen-bond acceptors (Lipinski definition) is 5. The molecule has 0 aliphatic carbocycles. The predicted molar refractivity (Wildman–Crippen MR) is 124 cm³/mol. The Balaban J connectivity index is 1.18. The fraction of sp³-hybridized carbons (Fsp3) is 0.423. The lowest BCUT2D eigenvalue weighted by molar-refractivity contribution is -0.136. The molecule has 3 aliphatic heterocycles. The lowest BCUT2D eigenvalue weighted by Gasteiger charge is -2.33. The highest BCUT2D eigenvalue weighted by Crippen LogP contribution is 2.28. The molecule has 2 N–H and O–H groups in total. The number of piperidine rings is 2. The molecule has 0 spiro atoms. The van der Waals surface area contributed by atoms with Gasteiger partial charge in [-0.15, -0.1) is 0 Å². The number of rotatable bonds is 6. The van der Waals surface area contributed by atoms with Gasteiger partial charge in [0, 0.05) is 44.2 Å². The second-order valence-corrected chi connectivity index (χ2v) is 9.33. The van der Waals surface area contributed by atoms with Crippen LogP contribution in [0.4, 0.5) is 0 Å². The van der Waals surface area contributed by atoms with Gasteiger partial charge in [0.1, 0.15) is 6.04 Å². The van der Waals surface area contributed by atoms with Crippen molar-refractivity contribution in [2.75, 3.05) is 13.1 Å². The van der Waals surface area contributed by atoms with Crippen LogP contribution < -0.4 is 10.6 Å². The second kappa shape index (κ2) is 9.45. The minimum Gasteiger partial charge on any atom is -0.322 e. The van der Waals surface area contributed by atoms with E-state index in [0.717, 1.165) is 43.7 Å². The van der Waals surface area contributed by atoms with Crippen LogP contribution in [0.15, 0.2) is 48.5 Å². The highest BCUT2D eigenvalue weighted by atomic mass is 16.2. The van der Waals surface area contributed by atoms with Gasteiger partial charge in [-0.3, -0.25) is 24.6 Å². The molecule has 0 radical (unpaired) electrons. The van der Waals surface area contributed by atoms with E-state index in [0.29, 0.717) is 24.6 Å². The number of nitrogens with zero attached hydrogens (tertiary/aromatic N) is 2. The summed E-state index contributed by atoms with van der Waals surface area (Å²) in [5, 5.41) is 6.06. The SMILES string of the molecule is O=C1CCC(N2Cc3cc(CNC4CCCN(Cc5ccccc5)C4)ccc3C2=O)C(=O)N1. The van der Waals surface area contributed by atoms with Gasteiger partial charge in [-0.2, -0.15) is 0 Å². The summed E-state index contributed by atoms with van der Waals surface area (Å²) >= 11 is 0. The Labute approximate surface area is 194 Å². The van der Waals surface area contributed by atoms with E-state index in [1.165, 1.54) is 12.0 Å². The zero-order valence-corrected chi connectivity index (χ0v) is 18.8. The molecule has 5 rings (SSSR count). The molecule has 0 saturated carbocycles. The van der Waals surface area contributed by atoms with Crippen LogP contribution in [0.1, 0.15) is 52.7 Å². The van der Waals surface area contributed by atoms with Crippen LogP contribution in [0.25, 0.3) is 0 Å². The van der Waals surface area contributed by atoms with Crippen molar-refractivity contribution < 1.29 is 14.4 Å². The molecule has 3 amide bonds. The zero-order chi connectivity index (χ0) is 22.8. The number of carbonyl (C=O) groups is 3. The van der Waals surface area contributed by atoms with E-state index >= 15 is 0 Å². The smallest absolute Gasteiger partial charge is 0.255 e. The number of benzene rings is 2. The molecule has 2 fully saturated rings. The number of amides is 3. The maximum Gasteiger partial charge on any atom is 0.255 e. The number of likely N-dealkylation sites (tertiary alicyclic amines) is 1. The van der Waals surface area contributed by atoms with E-state index < -0.39 is 6.04 Å². The number of nitrogens with one attached hydrogen (secondary N) is 2. The van der Waals surface area contributed by atoms with Crippen LogP contribution in [0, 0.1) is 0 Å². The van der Waals surface area contributed by atoms with Gasteiger partial charge in [0.05, 0.1) is 0 Å². The van der Waals surface area contributed by atoms with Crippen molar-refractivity contribution in [3.05, 3.63) is 70.8 Å². The Morgan fingerprint density at radius 3 is 2.67 bits per heavy atom. The molecule has 2 saturated heterocycles. The van der Waals surface area contributed by atoms with E-state index in [1.807, 2.05) is 12.1 Å². The number of hydrogen-bond donors (Lipinski definition) is 2. The fourth-order valence-corrected chi connectivity index (χ4v) is 5.21. The van der Waals surface area contributed by atoms with Crippen molar-refractivity contribution >= 4 is 17.7 Å². The third-order valence-corrected chi connectivity index (χ3v) is 6.94. The van der Waals surface area contributed by atoms with Crippen LogP contribution in [0.2, 0.25) is 0 Å². The maximum absolute atomic E-state index is 12.9. The van der Waals surface area contributed by atoms with Gasteiger partial charge in [0.15, 0.2) is 0 Å². The van der Waals surface area contributed by atoms with E-state index in [4.69, 9.17) is 0 Å². The van der Waals surface area contributed by atoms with Crippen molar-refractivity contribution in [1.82, 2.24) is 20.4 Å². The van der Waals surface area contributed by atoms with E-state index in [9.17, 15) is 14.4 Å². The van der Waals surface area contributed by atoms with Crippen LogP contribution in [-0.2, 0) is 29.2 Å². The summed E-state index contributed by atoms with van der Waals surface area (Å²) in [7, 11) is 0. The second-order valence-electron chi connectivity index (χ2n) is 9.33. The molecule has 3 aliphatic rings. The minimum absolute atomic E-state index is 0.122. The van der Waals surface area contributed by atoms with Crippen molar-refractivity contribution in [2.45, 2.75) is 57.4 Å². The first kappa shape index (κ1) is 21.8. The van der Waals surface area contributed by atoms with Gasteiger partial charge < -0.3 is 10.2 Å². The quantitative estimate of drug-likeness (QED) is 0.665. The zero-order valence-electron chi connectivity index (χ0n) is 18.8. The van der Waals surface area contributed by atoms with Gasteiger partial charge in [-0.1, -0.05) is 42.5 Å². The first-order valence-corrected chi connectivity index (χ1v) is 11.8. The van der Waals surface area contributed by atoms with Gasteiger partial charge >= 0.3 is 0 Å². The molecule has 0 bridgehead atoms. The number of fused-ring (bicyclic) bond motifs is 1. The summed E-state index contributed by atoms with van der Waals surface area (Å²) < 4.78 is 0. The Bertz CT molecular complexity index is 1050. The summed E-state index contributed by atoms with van der Waals surface area (Å²) in [6, 6.07) is 16.4. The first-order chi connectivity index (χ1) is 16.1. The van der Waals surface area contributed by atoms with E-state index in [2.05, 4.69) is 51.9 Å². The normalized spacial score (nSPS) is 23.5. The van der Waals surface area contributed by atoms with Crippen LogP contribution in [0.5, 0.6) is 0 Å². The van der Waals surface area contributed by atoms with Crippen molar-refractivity contribution in [2.24, 2.45) is 0 Å². The molecule has 172 valence electrons. The summed E-state index contributed by atoms with van der Waals surface area (Å²) in [6.07, 6.45) is 3.01.